The fraction of sp³-hybridized carbons (Fsp3) is 0.417. The van der Waals surface area contributed by atoms with Crippen LogP contribution in [-0.4, -0.2) is 18.0 Å². The maximum Gasteiger partial charge on any atom is 0.407 e. The van der Waals surface area contributed by atoms with Crippen molar-refractivity contribution in [2.75, 3.05) is 4.90 Å². The van der Waals surface area contributed by atoms with E-state index in [-0.39, 0.29) is 30.5 Å². The summed E-state index contributed by atoms with van der Waals surface area (Å²) in [4.78, 5) is 27.1. The van der Waals surface area contributed by atoms with Gasteiger partial charge < -0.3 is 15.0 Å². The molecule has 2 aromatic carbocycles. The molecule has 1 fully saturated rings. The maximum atomic E-state index is 12.6. The molecule has 0 bridgehead atoms. The molecule has 2 unspecified atom stereocenters. The van der Waals surface area contributed by atoms with Crippen molar-refractivity contribution in [3.8, 4) is 0 Å². The Bertz CT molecular complexity index is 879. The largest absolute Gasteiger partial charge is 0.445 e. The van der Waals surface area contributed by atoms with Crippen molar-refractivity contribution in [3.63, 3.8) is 0 Å². The molecular formula is C24H28N2O3. The monoisotopic (exact) mass is 392 g/mol. The van der Waals surface area contributed by atoms with Crippen molar-refractivity contribution in [2.45, 2.75) is 51.8 Å². The Hall–Kier alpha value is -2.82. The summed E-state index contributed by atoms with van der Waals surface area (Å²) in [6.07, 6.45) is 3.04. The lowest BCUT2D eigenvalue weighted by Crippen LogP contribution is -2.56. The number of rotatable bonds is 4. The number of hydrogen-bond acceptors (Lipinski definition) is 3. The second kappa shape index (κ2) is 8.27. The molecule has 1 N–H and O–H groups in total. The number of nitrogens with zero attached hydrogens (tertiary/aromatic N) is 1. The number of benzene rings is 2. The highest BCUT2D eigenvalue weighted by Crippen LogP contribution is 2.47. The summed E-state index contributed by atoms with van der Waals surface area (Å²) in [5, 5.41) is 3.09. The van der Waals surface area contributed by atoms with Gasteiger partial charge in [-0.1, -0.05) is 61.9 Å². The Kier molecular flexibility index (Phi) is 5.56. The second-order valence-corrected chi connectivity index (χ2v) is 8.17. The molecule has 2 amide bonds. The normalized spacial score (nSPS) is 23.7. The number of fused-ring (bicyclic) bond motifs is 1. The van der Waals surface area contributed by atoms with Crippen molar-refractivity contribution in [3.05, 3.63) is 65.7 Å². The number of carbonyl (C=O) groups excluding carboxylic acids is 2. The summed E-state index contributed by atoms with van der Waals surface area (Å²) in [6.45, 7) is 4.01. The van der Waals surface area contributed by atoms with Gasteiger partial charge in [-0.3, -0.25) is 4.79 Å². The van der Waals surface area contributed by atoms with Gasteiger partial charge in [0.1, 0.15) is 6.61 Å². The molecule has 5 heteroatoms. The van der Waals surface area contributed by atoms with Crippen LogP contribution in [0.15, 0.2) is 54.6 Å². The summed E-state index contributed by atoms with van der Waals surface area (Å²) in [6, 6.07) is 17.5. The van der Waals surface area contributed by atoms with E-state index in [0.29, 0.717) is 5.92 Å². The van der Waals surface area contributed by atoms with Crippen LogP contribution in [-0.2, 0) is 16.1 Å². The smallest absolute Gasteiger partial charge is 0.407 e. The first-order chi connectivity index (χ1) is 14.1. The van der Waals surface area contributed by atoms with Gasteiger partial charge in [0.2, 0.25) is 5.91 Å². The molecule has 1 aliphatic carbocycles. The minimum absolute atomic E-state index is 0.0614. The van der Waals surface area contributed by atoms with Gasteiger partial charge in [-0.2, -0.15) is 0 Å². The first-order valence-corrected chi connectivity index (χ1v) is 10.4. The van der Waals surface area contributed by atoms with Crippen LogP contribution >= 0.6 is 0 Å². The van der Waals surface area contributed by atoms with E-state index >= 15 is 0 Å². The molecule has 2 aliphatic rings. The summed E-state index contributed by atoms with van der Waals surface area (Å²) in [5.74, 6) is 0.640. The van der Waals surface area contributed by atoms with E-state index in [0.717, 1.165) is 29.7 Å². The van der Waals surface area contributed by atoms with Crippen molar-refractivity contribution in [1.29, 1.82) is 0 Å². The number of nitrogens with one attached hydrogen (secondary N) is 1. The van der Waals surface area contributed by atoms with Gasteiger partial charge in [0, 0.05) is 24.6 Å². The highest BCUT2D eigenvalue weighted by molar-refractivity contribution is 5.94. The van der Waals surface area contributed by atoms with E-state index in [1.165, 1.54) is 6.42 Å². The molecule has 0 aromatic heterocycles. The maximum absolute atomic E-state index is 12.6. The average Bonchev–Trinajstić information content (AvgIpc) is 2.68. The number of para-hydroxylation sites is 1. The molecule has 5 nitrogen and oxygen atoms in total. The molecule has 0 spiro atoms. The van der Waals surface area contributed by atoms with Crippen molar-refractivity contribution < 1.29 is 14.3 Å². The molecule has 0 radical (unpaired) electrons. The number of carbonyl (C=O) groups is 2. The highest BCUT2D eigenvalue weighted by Gasteiger charge is 2.45. The fourth-order valence-corrected chi connectivity index (χ4v) is 4.75. The summed E-state index contributed by atoms with van der Waals surface area (Å²) >= 11 is 0. The standard InChI is InChI=1S/C24H28N2O3/c1-16-22(25-24(28)29-15-18-9-4-3-5-10-18)20-13-6-7-14-21(20)26(17(2)27)23(16)19-11-8-12-19/h3-7,9-10,13-14,16,19,22-23H,8,11-12,15H2,1-2H3,(H,25,28)/t16-,22?,23?/m1/s1. The number of alkyl carbamates (subject to hydrolysis) is 1. The minimum atomic E-state index is -0.427. The first kappa shape index (κ1) is 19.5. The Morgan fingerprint density at radius 3 is 2.41 bits per heavy atom. The van der Waals surface area contributed by atoms with Crippen LogP contribution in [0.2, 0.25) is 0 Å². The van der Waals surface area contributed by atoms with Gasteiger partial charge in [0.15, 0.2) is 0 Å². The van der Waals surface area contributed by atoms with Crippen LogP contribution in [0.4, 0.5) is 10.5 Å². The van der Waals surface area contributed by atoms with E-state index < -0.39 is 6.09 Å². The predicted molar refractivity (Wildman–Crippen MR) is 112 cm³/mol. The zero-order valence-electron chi connectivity index (χ0n) is 17.0. The molecule has 152 valence electrons. The second-order valence-electron chi connectivity index (χ2n) is 8.17. The molecule has 1 saturated carbocycles. The van der Waals surface area contributed by atoms with Crippen molar-refractivity contribution >= 4 is 17.7 Å². The quantitative estimate of drug-likeness (QED) is 0.811. The Morgan fingerprint density at radius 2 is 1.76 bits per heavy atom. The van der Waals surface area contributed by atoms with Crippen LogP contribution in [0.1, 0.15) is 50.3 Å². The van der Waals surface area contributed by atoms with Crippen LogP contribution in [0.3, 0.4) is 0 Å². The van der Waals surface area contributed by atoms with E-state index in [9.17, 15) is 9.59 Å². The van der Waals surface area contributed by atoms with Gasteiger partial charge in [-0.15, -0.1) is 0 Å². The van der Waals surface area contributed by atoms with Crippen LogP contribution in [0.5, 0.6) is 0 Å². The lowest BCUT2D eigenvalue weighted by Gasteiger charge is -2.50. The van der Waals surface area contributed by atoms with Crippen LogP contribution < -0.4 is 10.2 Å². The molecule has 0 saturated heterocycles. The van der Waals surface area contributed by atoms with Gasteiger partial charge in [0.05, 0.1) is 6.04 Å². The Balaban J connectivity index is 1.57. The fourth-order valence-electron chi connectivity index (χ4n) is 4.75. The van der Waals surface area contributed by atoms with E-state index in [4.69, 9.17) is 4.74 Å². The molecule has 2 aromatic rings. The lowest BCUT2D eigenvalue weighted by molar-refractivity contribution is -0.118. The molecule has 3 atom stereocenters. The predicted octanol–water partition coefficient (Wildman–Crippen LogP) is 4.83. The summed E-state index contributed by atoms with van der Waals surface area (Å²) in [7, 11) is 0. The van der Waals surface area contributed by atoms with E-state index in [2.05, 4.69) is 12.2 Å². The lowest BCUT2D eigenvalue weighted by atomic mass is 9.69. The van der Waals surface area contributed by atoms with Gasteiger partial charge >= 0.3 is 6.09 Å². The number of amides is 2. The van der Waals surface area contributed by atoms with Crippen molar-refractivity contribution in [2.24, 2.45) is 11.8 Å². The van der Waals surface area contributed by atoms with Gasteiger partial charge in [-0.05, 0) is 36.0 Å². The number of hydrogen-bond donors (Lipinski definition) is 1. The molecular weight excluding hydrogens is 364 g/mol. The third kappa shape index (κ3) is 3.86. The van der Waals surface area contributed by atoms with Crippen LogP contribution in [0.25, 0.3) is 0 Å². The van der Waals surface area contributed by atoms with Crippen LogP contribution in [0, 0.1) is 11.8 Å². The van der Waals surface area contributed by atoms with Gasteiger partial charge in [0.25, 0.3) is 0 Å². The SMILES string of the molecule is CC(=O)N1c2ccccc2C(NC(=O)OCc2ccccc2)[C@@H](C)C1C1CCC1. The zero-order chi connectivity index (χ0) is 20.4. The number of ether oxygens (including phenoxy) is 1. The first-order valence-electron chi connectivity index (χ1n) is 10.4. The molecule has 4 rings (SSSR count). The van der Waals surface area contributed by atoms with Crippen molar-refractivity contribution in [1.82, 2.24) is 5.32 Å². The van der Waals surface area contributed by atoms with E-state index in [1.54, 1.807) is 6.92 Å². The summed E-state index contributed by atoms with van der Waals surface area (Å²) < 4.78 is 5.47. The Labute approximate surface area is 172 Å². The highest BCUT2D eigenvalue weighted by atomic mass is 16.5. The van der Waals surface area contributed by atoms with E-state index in [1.807, 2.05) is 59.5 Å². The van der Waals surface area contributed by atoms with Gasteiger partial charge in [-0.25, -0.2) is 4.79 Å². The Morgan fingerprint density at radius 1 is 1.07 bits per heavy atom. The molecule has 1 heterocycles. The average molecular weight is 392 g/mol. The molecule has 1 aliphatic heterocycles. The number of anilines is 1. The third-order valence-corrected chi connectivity index (χ3v) is 6.35. The third-order valence-electron chi connectivity index (χ3n) is 6.35. The zero-order valence-corrected chi connectivity index (χ0v) is 17.0. The molecule has 29 heavy (non-hydrogen) atoms. The topological polar surface area (TPSA) is 58.6 Å². The summed E-state index contributed by atoms with van der Waals surface area (Å²) in [5.41, 5.74) is 2.83. The minimum Gasteiger partial charge on any atom is -0.445 e.